The molecule has 1 rings (SSSR count). The molecule has 0 amide bonds. The third-order valence-corrected chi connectivity index (χ3v) is 4.72. The molecule has 0 aromatic carbocycles. The Balaban J connectivity index is 2.82. The number of aromatic nitrogens is 3. The minimum atomic E-state index is -3.92. The molecule has 2 unspecified atom stereocenters. The number of alkyl halides is 2. The fourth-order valence-corrected chi connectivity index (χ4v) is 3.64. The molecular weight excluding hydrogens is 423 g/mol. The molecular formula is C12H18Cl4N3O4P. The Morgan fingerprint density at radius 2 is 1.67 bits per heavy atom. The highest BCUT2D eigenvalue weighted by Crippen LogP contribution is 2.46. The van der Waals surface area contributed by atoms with E-state index in [0.29, 0.717) is 0 Å². The Kier molecular flexibility index (Phi) is 9.15. The smallest absolute Gasteiger partial charge is 0.374 e. The first-order valence-corrected chi connectivity index (χ1v) is 10.1. The van der Waals surface area contributed by atoms with Crippen molar-refractivity contribution in [2.45, 2.75) is 31.7 Å². The van der Waals surface area contributed by atoms with E-state index in [-0.39, 0.29) is 47.4 Å². The second-order valence-electron chi connectivity index (χ2n) is 5.51. The molecule has 24 heavy (non-hydrogen) atoms. The lowest BCUT2D eigenvalue weighted by molar-refractivity contribution is -0.00648. The lowest BCUT2D eigenvalue weighted by atomic mass is 10.2. The van der Waals surface area contributed by atoms with Crippen LogP contribution in [0.5, 0.6) is 0 Å². The molecule has 0 aliphatic heterocycles. The first-order chi connectivity index (χ1) is 11.1. The van der Waals surface area contributed by atoms with E-state index in [4.69, 9.17) is 60.2 Å². The molecule has 1 aromatic rings. The standard InChI is InChI=1S/C12H18Cl4N3O4P/c1-12(2,3)21-6-8(14)7-23-24(20,22-5-4-13)11-18-9(15)17-10(16)19-11/h8H,4-7H2,1-3H3. The van der Waals surface area contributed by atoms with Crippen molar-refractivity contribution < 1.29 is 18.3 Å². The van der Waals surface area contributed by atoms with Gasteiger partial charge in [0.1, 0.15) is 0 Å². The molecule has 0 saturated heterocycles. The highest BCUT2D eigenvalue weighted by atomic mass is 35.5. The van der Waals surface area contributed by atoms with Gasteiger partial charge >= 0.3 is 7.60 Å². The van der Waals surface area contributed by atoms with Crippen molar-refractivity contribution in [1.82, 2.24) is 15.0 Å². The van der Waals surface area contributed by atoms with Crippen LogP contribution in [-0.4, -0.2) is 51.6 Å². The van der Waals surface area contributed by atoms with Gasteiger partial charge in [0.05, 0.1) is 30.8 Å². The fraction of sp³-hybridized carbons (Fsp3) is 0.750. The van der Waals surface area contributed by atoms with E-state index < -0.39 is 13.0 Å². The predicted octanol–water partition coefficient (Wildman–Crippen LogP) is 3.69. The third kappa shape index (κ3) is 8.11. The zero-order chi connectivity index (χ0) is 18.4. The second kappa shape index (κ2) is 9.83. The Morgan fingerprint density at radius 3 is 2.17 bits per heavy atom. The van der Waals surface area contributed by atoms with Crippen LogP contribution in [0.2, 0.25) is 10.6 Å². The van der Waals surface area contributed by atoms with Gasteiger partial charge in [0.25, 0.3) is 0 Å². The summed E-state index contributed by atoms with van der Waals surface area (Å²) in [7, 11) is -3.92. The number of nitrogens with zero attached hydrogens (tertiary/aromatic N) is 3. The molecule has 0 radical (unpaired) electrons. The molecule has 0 N–H and O–H groups in total. The molecule has 0 saturated carbocycles. The lowest BCUT2D eigenvalue weighted by Gasteiger charge is -2.23. The number of ether oxygens (including phenoxy) is 1. The maximum atomic E-state index is 12.9. The molecule has 0 bridgehead atoms. The summed E-state index contributed by atoms with van der Waals surface area (Å²) in [6.45, 7) is 5.69. The lowest BCUT2D eigenvalue weighted by Crippen LogP contribution is -2.27. The van der Waals surface area contributed by atoms with E-state index in [2.05, 4.69) is 15.0 Å². The van der Waals surface area contributed by atoms with Crippen LogP contribution in [0.15, 0.2) is 0 Å². The van der Waals surface area contributed by atoms with Gasteiger partial charge in [-0.15, -0.1) is 23.2 Å². The zero-order valence-corrected chi connectivity index (χ0v) is 17.3. The number of rotatable bonds is 9. The van der Waals surface area contributed by atoms with Crippen molar-refractivity contribution in [3.8, 4) is 0 Å². The molecule has 1 heterocycles. The summed E-state index contributed by atoms with van der Waals surface area (Å²) in [4.78, 5) is 11.1. The van der Waals surface area contributed by atoms with E-state index in [1.54, 1.807) is 0 Å². The third-order valence-electron chi connectivity index (χ3n) is 2.27. The van der Waals surface area contributed by atoms with E-state index in [1.165, 1.54) is 0 Å². The molecule has 12 heteroatoms. The van der Waals surface area contributed by atoms with Crippen LogP contribution in [0, 0.1) is 0 Å². The highest BCUT2D eigenvalue weighted by Gasteiger charge is 2.33. The maximum Gasteiger partial charge on any atom is 0.398 e. The summed E-state index contributed by atoms with van der Waals surface area (Å²) in [6, 6.07) is 0. The van der Waals surface area contributed by atoms with Gasteiger partial charge in [0, 0.05) is 5.88 Å². The summed E-state index contributed by atoms with van der Waals surface area (Å²) >= 11 is 23.1. The molecule has 1 aromatic heterocycles. The Labute approximate surface area is 160 Å². The van der Waals surface area contributed by atoms with Crippen molar-refractivity contribution in [3.05, 3.63) is 10.6 Å². The van der Waals surface area contributed by atoms with Gasteiger partial charge < -0.3 is 13.8 Å². The van der Waals surface area contributed by atoms with Crippen LogP contribution in [0.4, 0.5) is 0 Å². The molecule has 2 atom stereocenters. The predicted molar refractivity (Wildman–Crippen MR) is 95.1 cm³/mol. The fourth-order valence-electron chi connectivity index (χ4n) is 1.31. The Morgan fingerprint density at radius 1 is 1.08 bits per heavy atom. The zero-order valence-electron chi connectivity index (χ0n) is 13.3. The van der Waals surface area contributed by atoms with E-state index in [9.17, 15) is 4.57 Å². The average Bonchev–Trinajstić information content (AvgIpc) is 2.47. The van der Waals surface area contributed by atoms with Gasteiger partial charge in [-0.3, -0.25) is 4.57 Å². The normalized spacial score (nSPS) is 16.0. The van der Waals surface area contributed by atoms with Crippen molar-refractivity contribution in [1.29, 1.82) is 0 Å². The molecule has 0 aliphatic rings. The summed E-state index contributed by atoms with van der Waals surface area (Å²) in [5, 5.41) is -1.03. The van der Waals surface area contributed by atoms with E-state index >= 15 is 0 Å². The van der Waals surface area contributed by atoms with Crippen molar-refractivity contribution in [2.75, 3.05) is 25.7 Å². The minimum absolute atomic E-state index is 0.0504. The number of halogens is 4. The minimum Gasteiger partial charge on any atom is -0.374 e. The summed E-state index contributed by atoms with van der Waals surface area (Å²) in [6.07, 6.45) is 0. The quantitative estimate of drug-likeness (QED) is 0.427. The largest absolute Gasteiger partial charge is 0.398 e. The van der Waals surface area contributed by atoms with Gasteiger partial charge in [-0.1, -0.05) is 0 Å². The summed E-state index contributed by atoms with van der Waals surface area (Å²) < 4.78 is 29.0. The summed E-state index contributed by atoms with van der Waals surface area (Å²) in [5.74, 6) is 0.0946. The van der Waals surface area contributed by atoms with E-state index in [1.807, 2.05) is 20.8 Å². The van der Waals surface area contributed by atoms with E-state index in [0.717, 1.165) is 0 Å². The second-order valence-corrected chi connectivity index (χ2v) is 9.09. The van der Waals surface area contributed by atoms with Gasteiger partial charge in [0.2, 0.25) is 16.1 Å². The van der Waals surface area contributed by atoms with Crippen LogP contribution in [0.3, 0.4) is 0 Å². The number of hydrogen-bond acceptors (Lipinski definition) is 7. The molecule has 0 fully saturated rings. The van der Waals surface area contributed by atoms with Crippen LogP contribution < -0.4 is 5.57 Å². The Bertz CT molecular complexity index is 568. The monoisotopic (exact) mass is 439 g/mol. The summed E-state index contributed by atoms with van der Waals surface area (Å²) in [5.41, 5.74) is -0.667. The van der Waals surface area contributed by atoms with Gasteiger partial charge in [-0.2, -0.15) is 15.0 Å². The topological polar surface area (TPSA) is 83.4 Å². The van der Waals surface area contributed by atoms with Crippen LogP contribution >= 0.6 is 54.0 Å². The number of hydrogen-bond donors (Lipinski definition) is 0. The van der Waals surface area contributed by atoms with Gasteiger partial charge in [-0.05, 0) is 44.0 Å². The van der Waals surface area contributed by atoms with Gasteiger partial charge in [0.15, 0.2) is 0 Å². The molecule has 0 aliphatic carbocycles. The first kappa shape index (κ1) is 22.3. The molecule has 7 nitrogen and oxygen atoms in total. The SMILES string of the molecule is CC(C)(C)OCC(Cl)COP(=O)(OCCCl)c1nc(Cl)nc(Cl)n1. The average molecular weight is 441 g/mol. The van der Waals surface area contributed by atoms with Gasteiger partial charge in [-0.25, -0.2) is 0 Å². The van der Waals surface area contributed by atoms with Crippen molar-refractivity contribution in [3.63, 3.8) is 0 Å². The molecule has 0 spiro atoms. The van der Waals surface area contributed by atoms with Crippen molar-refractivity contribution >= 4 is 59.6 Å². The molecule has 138 valence electrons. The van der Waals surface area contributed by atoms with Crippen molar-refractivity contribution in [2.24, 2.45) is 0 Å². The first-order valence-electron chi connectivity index (χ1n) is 6.86. The van der Waals surface area contributed by atoms with Crippen LogP contribution in [-0.2, 0) is 18.3 Å². The van der Waals surface area contributed by atoms with Crippen LogP contribution in [0.1, 0.15) is 20.8 Å². The maximum absolute atomic E-state index is 12.9. The Hall–Kier alpha value is 0.280. The highest BCUT2D eigenvalue weighted by molar-refractivity contribution is 7.61. The van der Waals surface area contributed by atoms with Crippen LogP contribution in [0.25, 0.3) is 0 Å².